The molecule has 10 nitrogen and oxygen atoms in total. The van der Waals surface area contributed by atoms with Crippen LogP contribution in [0.5, 0.6) is 11.5 Å². The minimum absolute atomic E-state index is 0.0392. The van der Waals surface area contributed by atoms with E-state index in [2.05, 4.69) is 27.8 Å². The van der Waals surface area contributed by atoms with Crippen LogP contribution in [0.25, 0.3) is 6.08 Å². The van der Waals surface area contributed by atoms with Gasteiger partial charge in [-0.3, -0.25) is 25.0 Å². The summed E-state index contributed by atoms with van der Waals surface area (Å²) in [6, 6.07) is 15.1. The minimum atomic E-state index is -0.846. The first-order valence-electron chi connectivity index (χ1n) is 12.2. The van der Waals surface area contributed by atoms with Crippen LogP contribution < -0.4 is 19.7 Å². The average molecular weight is 606 g/mol. The van der Waals surface area contributed by atoms with E-state index >= 15 is 0 Å². The number of hydrogen-bond donors (Lipinski definition) is 1. The number of nitro groups is 1. The maximum absolute atomic E-state index is 13.3. The zero-order valence-electron chi connectivity index (χ0n) is 21.4. The van der Waals surface area contributed by atoms with Gasteiger partial charge in [0, 0.05) is 22.2 Å². The number of amides is 4. The molecule has 0 aromatic heterocycles. The number of halogens is 1. The van der Waals surface area contributed by atoms with Crippen LogP contribution in [-0.4, -0.2) is 29.4 Å². The summed E-state index contributed by atoms with van der Waals surface area (Å²) in [7, 11) is 0. The van der Waals surface area contributed by atoms with Gasteiger partial charge in [-0.1, -0.05) is 34.1 Å². The number of rotatable bonds is 10. The van der Waals surface area contributed by atoms with Crippen molar-refractivity contribution in [3.63, 3.8) is 0 Å². The van der Waals surface area contributed by atoms with Gasteiger partial charge in [-0.25, -0.2) is 9.69 Å². The molecule has 40 heavy (non-hydrogen) atoms. The molecule has 3 aromatic carbocycles. The van der Waals surface area contributed by atoms with E-state index in [-0.39, 0.29) is 17.9 Å². The number of allylic oxidation sites excluding steroid dienone is 1. The van der Waals surface area contributed by atoms with Crippen molar-refractivity contribution >= 4 is 51.2 Å². The van der Waals surface area contributed by atoms with Crippen molar-refractivity contribution in [2.45, 2.75) is 20.0 Å². The number of anilines is 1. The third kappa shape index (κ3) is 6.26. The molecule has 0 radical (unpaired) electrons. The smallest absolute Gasteiger partial charge is 0.335 e. The Morgan fingerprint density at radius 2 is 1.82 bits per heavy atom. The highest BCUT2D eigenvalue weighted by atomic mass is 79.9. The van der Waals surface area contributed by atoms with Gasteiger partial charge >= 0.3 is 6.03 Å². The molecule has 1 aliphatic heterocycles. The number of nitro benzene ring substituents is 1. The summed E-state index contributed by atoms with van der Waals surface area (Å²) >= 11 is 3.32. The maximum Gasteiger partial charge on any atom is 0.335 e. The molecule has 0 unspecified atom stereocenters. The zero-order chi connectivity index (χ0) is 28.8. The molecular weight excluding hydrogens is 582 g/mol. The highest BCUT2D eigenvalue weighted by Crippen LogP contribution is 2.36. The second-order valence-electron chi connectivity index (χ2n) is 8.58. The molecule has 4 amide bonds. The van der Waals surface area contributed by atoms with Gasteiger partial charge in [-0.05, 0) is 66.9 Å². The summed E-state index contributed by atoms with van der Waals surface area (Å²) in [5.41, 5.74) is 1.73. The van der Waals surface area contributed by atoms with Crippen molar-refractivity contribution in [2.24, 2.45) is 0 Å². The summed E-state index contributed by atoms with van der Waals surface area (Å²) in [5.74, 6) is -0.840. The first kappa shape index (κ1) is 28.2. The van der Waals surface area contributed by atoms with E-state index in [0.717, 1.165) is 9.37 Å². The zero-order valence-corrected chi connectivity index (χ0v) is 23.0. The van der Waals surface area contributed by atoms with Crippen LogP contribution in [0.4, 0.5) is 16.2 Å². The van der Waals surface area contributed by atoms with Gasteiger partial charge in [0.2, 0.25) is 0 Å². The van der Waals surface area contributed by atoms with E-state index in [1.165, 1.54) is 18.2 Å². The Balaban J connectivity index is 1.70. The van der Waals surface area contributed by atoms with Crippen LogP contribution in [0.2, 0.25) is 0 Å². The number of benzene rings is 3. The normalized spacial score (nSPS) is 14.2. The minimum Gasteiger partial charge on any atom is -0.490 e. The van der Waals surface area contributed by atoms with Crippen LogP contribution in [0.1, 0.15) is 23.6 Å². The number of carbonyl (C=O) groups is 3. The van der Waals surface area contributed by atoms with Crippen molar-refractivity contribution in [1.82, 2.24) is 5.32 Å². The fourth-order valence-electron chi connectivity index (χ4n) is 4.06. The van der Waals surface area contributed by atoms with Gasteiger partial charge in [0.15, 0.2) is 11.5 Å². The second kappa shape index (κ2) is 12.4. The predicted octanol–water partition coefficient (Wildman–Crippen LogP) is 5.73. The molecule has 1 heterocycles. The molecule has 204 valence electrons. The summed E-state index contributed by atoms with van der Waals surface area (Å²) in [6.07, 6.45) is 3.41. The van der Waals surface area contributed by atoms with Gasteiger partial charge in [0.25, 0.3) is 17.5 Å². The maximum atomic E-state index is 13.3. The third-order valence-corrected chi connectivity index (χ3v) is 6.35. The molecule has 1 N–H and O–H groups in total. The van der Waals surface area contributed by atoms with Crippen LogP contribution in [0.3, 0.4) is 0 Å². The Kier molecular flexibility index (Phi) is 8.75. The lowest BCUT2D eigenvalue weighted by Crippen LogP contribution is -2.54. The Morgan fingerprint density at radius 3 is 2.50 bits per heavy atom. The Labute approximate surface area is 238 Å². The Hall–Kier alpha value is -4.77. The van der Waals surface area contributed by atoms with E-state index < -0.39 is 22.8 Å². The van der Waals surface area contributed by atoms with Gasteiger partial charge in [-0.2, -0.15) is 0 Å². The quantitative estimate of drug-likeness (QED) is 0.103. The standard InChI is InChI=1S/C29H24BrN3O7/c1-3-6-20-13-19(15-24-27(34)31-29(36)32(28(24)35)22-11-9-21(30)10-12-22)16-25(39-4-2)26(20)40-17-18-7-5-8-23(14-18)33(37)38/h3,5,7-16H,1,4,6,17H2,2H3,(H,31,34,36)/b24-15+. The molecule has 0 bridgehead atoms. The molecule has 3 aromatic rings. The monoisotopic (exact) mass is 605 g/mol. The summed E-state index contributed by atoms with van der Waals surface area (Å²) in [5, 5.41) is 13.4. The lowest BCUT2D eigenvalue weighted by atomic mass is 10.0. The summed E-state index contributed by atoms with van der Waals surface area (Å²) in [4.78, 5) is 50.1. The molecule has 11 heteroatoms. The van der Waals surface area contributed by atoms with Gasteiger partial charge in [0.1, 0.15) is 12.2 Å². The van der Waals surface area contributed by atoms with Crippen molar-refractivity contribution < 1.29 is 28.8 Å². The lowest BCUT2D eigenvalue weighted by Gasteiger charge is -2.26. The van der Waals surface area contributed by atoms with Crippen LogP contribution in [0, 0.1) is 10.1 Å². The number of nitrogens with one attached hydrogen (secondary N) is 1. The van der Waals surface area contributed by atoms with Gasteiger partial charge in [-0.15, -0.1) is 6.58 Å². The number of nitrogens with zero attached hydrogens (tertiary/aromatic N) is 2. The predicted molar refractivity (Wildman–Crippen MR) is 152 cm³/mol. The van der Waals surface area contributed by atoms with Crippen molar-refractivity contribution in [1.29, 1.82) is 0 Å². The summed E-state index contributed by atoms with van der Waals surface area (Å²) < 4.78 is 12.6. The molecule has 0 saturated carbocycles. The fraction of sp³-hybridized carbons (Fsp3) is 0.138. The SMILES string of the molecule is C=CCc1cc(/C=C2\C(=O)NC(=O)N(c3ccc(Br)cc3)C2=O)cc(OCC)c1OCc1cccc([N+](=O)[O-])c1. The highest BCUT2D eigenvalue weighted by molar-refractivity contribution is 9.10. The number of carbonyl (C=O) groups excluding carboxylic acids is 3. The molecule has 0 aliphatic carbocycles. The van der Waals surface area contributed by atoms with Crippen molar-refractivity contribution in [2.75, 3.05) is 11.5 Å². The Bertz CT molecular complexity index is 1530. The molecular formula is C29H24BrN3O7. The molecule has 1 aliphatic rings. The van der Waals surface area contributed by atoms with Gasteiger partial charge < -0.3 is 9.47 Å². The topological polar surface area (TPSA) is 128 Å². The van der Waals surface area contributed by atoms with Crippen LogP contribution in [0.15, 0.2) is 83.4 Å². The van der Waals surface area contributed by atoms with E-state index in [0.29, 0.717) is 46.9 Å². The largest absolute Gasteiger partial charge is 0.490 e. The van der Waals surface area contributed by atoms with Gasteiger partial charge in [0.05, 0.1) is 17.2 Å². The fourth-order valence-corrected chi connectivity index (χ4v) is 4.33. The third-order valence-electron chi connectivity index (χ3n) is 5.82. The Morgan fingerprint density at radius 1 is 1.07 bits per heavy atom. The van der Waals surface area contributed by atoms with Crippen LogP contribution in [-0.2, 0) is 22.6 Å². The van der Waals surface area contributed by atoms with Crippen molar-refractivity contribution in [3.05, 3.63) is 110 Å². The highest BCUT2D eigenvalue weighted by Gasteiger charge is 2.36. The second-order valence-corrected chi connectivity index (χ2v) is 9.50. The van der Waals surface area contributed by atoms with E-state index in [1.807, 2.05) is 0 Å². The van der Waals surface area contributed by atoms with Crippen LogP contribution >= 0.6 is 15.9 Å². The molecule has 4 rings (SSSR count). The van der Waals surface area contributed by atoms with E-state index in [1.54, 1.807) is 61.5 Å². The lowest BCUT2D eigenvalue weighted by molar-refractivity contribution is -0.384. The number of ether oxygens (including phenoxy) is 2. The molecule has 1 fully saturated rings. The first-order valence-corrected chi connectivity index (χ1v) is 12.9. The number of non-ortho nitro benzene ring substituents is 1. The molecule has 0 atom stereocenters. The number of hydrogen-bond acceptors (Lipinski definition) is 7. The number of imide groups is 2. The first-order chi connectivity index (χ1) is 19.2. The van der Waals surface area contributed by atoms with E-state index in [4.69, 9.17) is 9.47 Å². The van der Waals surface area contributed by atoms with Crippen molar-refractivity contribution in [3.8, 4) is 11.5 Å². The number of urea groups is 1. The molecule has 0 spiro atoms. The van der Waals surface area contributed by atoms with E-state index in [9.17, 15) is 24.5 Å². The average Bonchev–Trinajstić information content (AvgIpc) is 2.92. The number of barbiturate groups is 1. The molecule has 1 saturated heterocycles. The summed E-state index contributed by atoms with van der Waals surface area (Å²) in [6.45, 7) is 5.93.